The normalized spacial score (nSPS) is 14.4. The Morgan fingerprint density at radius 1 is 0.972 bits per heavy atom. The van der Waals surface area contributed by atoms with E-state index in [2.05, 4.69) is 15.3 Å². The number of carbonyl (C=O) groups excluding carboxylic acids is 1. The molecule has 36 heavy (non-hydrogen) atoms. The van der Waals surface area contributed by atoms with Crippen molar-refractivity contribution in [2.24, 2.45) is 0 Å². The van der Waals surface area contributed by atoms with E-state index in [1.54, 1.807) is 24.8 Å². The minimum atomic E-state index is -5.08. The van der Waals surface area contributed by atoms with Crippen LogP contribution in [0.3, 0.4) is 0 Å². The summed E-state index contributed by atoms with van der Waals surface area (Å²) in [5, 5.41) is 12.0. The Morgan fingerprint density at radius 3 is 2.42 bits per heavy atom. The molecule has 2 aromatic heterocycles. The minimum absolute atomic E-state index is 0.147. The van der Waals surface area contributed by atoms with Gasteiger partial charge in [-0.25, -0.2) is 4.79 Å². The Balaban J connectivity index is 0.000000384. The van der Waals surface area contributed by atoms with Crippen LogP contribution in [-0.2, 0) is 9.59 Å². The van der Waals surface area contributed by atoms with Gasteiger partial charge in [0.1, 0.15) is 6.61 Å². The van der Waals surface area contributed by atoms with Gasteiger partial charge in [-0.05, 0) is 35.2 Å². The van der Waals surface area contributed by atoms with Gasteiger partial charge in [0.15, 0.2) is 11.5 Å². The van der Waals surface area contributed by atoms with Crippen molar-refractivity contribution in [2.45, 2.75) is 12.3 Å². The molecular weight excluding hydrogens is 479 g/mol. The van der Waals surface area contributed by atoms with Crippen molar-refractivity contribution in [1.82, 2.24) is 9.97 Å². The summed E-state index contributed by atoms with van der Waals surface area (Å²) in [6.07, 6.45) is 0.951. The largest absolute Gasteiger partial charge is 0.490 e. The van der Waals surface area contributed by atoms with E-state index >= 15 is 0 Å². The molecule has 2 aromatic carbocycles. The zero-order valence-corrected chi connectivity index (χ0v) is 18.4. The molecule has 1 atom stereocenters. The zero-order valence-electron chi connectivity index (χ0n) is 18.4. The molecule has 184 valence electrons. The summed E-state index contributed by atoms with van der Waals surface area (Å²) in [4.78, 5) is 30.0. The number of carboxylic acid groups (broad SMARTS) is 1. The first-order valence-corrected chi connectivity index (χ1v) is 10.5. The molecule has 0 bridgehead atoms. The van der Waals surface area contributed by atoms with Crippen LogP contribution in [0.4, 0.5) is 18.9 Å². The first-order valence-electron chi connectivity index (χ1n) is 10.5. The number of fused-ring (bicyclic) bond motifs is 3. The molecule has 0 saturated carbocycles. The summed E-state index contributed by atoms with van der Waals surface area (Å²) in [6, 6.07) is 17.4. The second kappa shape index (κ2) is 10.3. The van der Waals surface area contributed by atoms with Crippen molar-refractivity contribution in [2.75, 3.05) is 11.9 Å². The number of aliphatic carboxylic acids is 1. The van der Waals surface area contributed by atoms with Crippen LogP contribution in [0.2, 0.25) is 0 Å². The summed E-state index contributed by atoms with van der Waals surface area (Å²) < 4.78 is 43.6. The van der Waals surface area contributed by atoms with Gasteiger partial charge in [-0.15, -0.1) is 0 Å². The van der Waals surface area contributed by atoms with Crippen LogP contribution in [0, 0.1) is 0 Å². The molecule has 0 saturated heterocycles. The van der Waals surface area contributed by atoms with Crippen molar-refractivity contribution >= 4 is 28.3 Å². The van der Waals surface area contributed by atoms with Crippen LogP contribution < -0.4 is 14.8 Å². The van der Waals surface area contributed by atoms with Gasteiger partial charge in [0.25, 0.3) is 5.91 Å². The lowest BCUT2D eigenvalue weighted by molar-refractivity contribution is -0.192. The van der Waals surface area contributed by atoms with Crippen LogP contribution in [0.15, 0.2) is 79.4 Å². The zero-order chi connectivity index (χ0) is 25.7. The average Bonchev–Trinajstić information content (AvgIpc) is 2.89. The van der Waals surface area contributed by atoms with Gasteiger partial charge in [0.2, 0.25) is 6.10 Å². The molecule has 4 aromatic rings. The Bertz CT molecular complexity index is 1400. The molecule has 1 aliphatic heterocycles. The first kappa shape index (κ1) is 24.5. The molecule has 2 N–H and O–H groups in total. The number of amides is 1. The maximum Gasteiger partial charge on any atom is 0.490 e. The highest BCUT2D eigenvalue weighted by Crippen LogP contribution is 2.38. The Kier molecular flexibility index (Phi) is 7.00. The van der Waals surface area contributed by atoms with Crippen LogP contribution >= 0.6 is 0 Å². The van der Waals surface area contributed by atoms with Crippen molar-refractivity contribution in [3.05, 3.63) is 79.4 Å². The third-order valence-corrected chi connectivity index (χ3v) is 5.05. The van der Waals surface area contributed by atoms with Gasteiger partial charge in [-0.2, -0.15) is 13.2 Å². The summed E-state index contributed by atoms with van der Waals surface area (Å²) in [7, 11) is 0. The van der Waals surface area contributed by atoms with Crippen LogP contribution in [0.1, 0.15) is 0 Å². The van der Waals surface area contributed by atoms with E-state index in [0.717, 1.165) is 21.9 Å². The number of pyridine rings is 2. The van der Waals surface area contributed by atoms with Gasteiger partial charge >= 0.3 is 12.1 Å². The van der Waals surface area contributed by atoms with E-state index in [-0.39, 0.29) is 12.5 Å². The molecule has 0 fully saturated rings. The van der Waals surface area contributed by atoms with Crippen molar-refractivity contribution in [1.29, 1.82) is 0 Å². The number of anilines is 1. The highest BCUT2D eigenvalue weighted by Gasteiger charge is 2.38. The summed E-state index contributed by atoms with van der Waals surface area (Å²) in [5.41, 5.74) is 2.46. The van der Waals surface area contributed by atoms with Crippen molar-refractivity contribution in [3.8, 4) is 22.6 Å². The molecule has 0 aliphatic carbocycles. The predicted octanol–water partition coefficient (Wildman–Crippen LogP) is 4.71. The predicted molar refractivity (Wildman–Crippen MR) is 124 cm³/mol. The fourth-order valence-corrected chi connectivity index (χ4v) is 3.36. The topological polar surface area (TPSA) is 111 Å². The van der Waals surface area contributed by atoms with Gasteiger partial charge < -0.3 is 19.9 Å². The number of alkyl halides is 3. The number of rotatable bonds is 3. The number of ether oxygens (including phenoxy) is 2. The van der Waals surface area contributed by atoms with Gasteiger partial charge in [-0.1, -0.05) is 30.3 Å². The number of carbonyl (C=O) groups is 2. The van der Waals surface area contributed by atoms with E-state index in [1.165, 1.54) is 0 Å². The number of carboxylic acids is 1. The molecule has 0 radical (unpaired) electrons. The third kappa shape index (κ3) is 5.69. The first-order chi connectivity index (χ1) is 17.2. The highest BCUT2D eigenvalue weighted by molar-refractivity contribution is 5.96. The maximum atomic E-state index is 12.8. The number of aromatic nitrogens is 2. The number of hydrogen-bond donors (Lipinski definition) is 2. The Morgan fingerprint density at radius 2 is 1.69 bits per heavy atom. The van der Waals surface area contributed by atoms with Crippen LogP contribution in [-0.4, -0.2) is 45.8 Å². The fraction of sp³-hybridized carbons (Fsp3) is 0.120. The molecule has 8 nitrogen and oxygen atoms in total. The third-order valence-electron chi connectivity index (χ3n) is 5.05. The second-order valence-corrected chi connectivity index (χ2v) is 7.52. The number of halogens is 3. The molecule has 0 spiro atoms. The van der Waals surface area contributed by atoms with Gasteiger partial charge in [-0.3, -0.25) is 14.8 Å². The van der Waals surface area contributed by atoms with Gasteiger partial charge in [0, 0.05) is 29.5 Å². The van der Waals surface area contributed by atoms with E-state index in [9.17, 15) is 18.0 Å². The smallest absolute Gasteiger partial charge is 0.485 e. The van der Waals surface area contributed by atoms with Crippen LogP contribution in [0.5, 0.6) is 11.5 Å². The standard InChI is InChI=1S/C23H17N3O3.C2HF3O2/c27-23(26-18-11-17(12-25-13-18)15-7-9-24-10-8-15)21-14-28-20-6-5-16-3-1-2-4-19(16)22(20)29-21;3-2(4,5)1(6)7/h1-13,21H,14H2,(H,26,27);(H,6,7). The maximum absolute atomic E-state index is 12.8. The van der Waals surface area contributed by atoms with Crippen LogP contribution in [0.25, 0.3) is 21.9 Å². The monoisotopic (exact) mass is 497 g/mol. The number of nitrogens with one attached hydrogen (secondary N) is 1. The minimum Gasteiger partial charge on any atom is -0.485 e. The lowest BCUT2D eigenvalue weighted by atomic mass is 10.1. The van der Waals surface area contributed by atoms with E-state index in [0.29, 0.717) is 17.2 Å². The lowest BCUT2D eigenvalue weighted by Crippen LogP contribution is -2.40. The van der Waals surface area contributed by atoms with Crippen molar-refractivity contribution < 1.29 is 37.3 Å². The molecule has 1 aliphatic rings. The van der Waals surface area contributed by atoms with E-state index in [4.69, 9.17) is 19.4 Å². The molecule has 5 rings (SSSR count). The number of hydrogen-bond acceptors (Lipinski definition) is 6. The average molecular weight is 497 g/mol. The highest BCUT2D eigenvalue weighted by atomic mass is 19.4. The number of nitrogens with zero attached hydrogens (tertiary/aromatic N) is 2. The Hall–Kier alpha value is -4.67. The molecule has 11 heteroatoms. The van der Waals surface area contributed by atoms with Gasteiger partial charge in [0.05, 0.1) is 11.9 Å². The SMILES string of the molecule is O=C(Nc1cncc(-c2ccncc2)c1)C1COc2ccc3ccccc3c2O1.O=C(O)C(F)(F)F. The van der Waals surface area contributed by atoms with E-state index < -0.39 is 18.2 Å². The second-order valence-electron chi connectivity index (χ2n) is 7.52. The summed E-state index contributed by atoms with van der Waals surface area (Å²) in [6.45, 7) is 0.147. The molecular formula is C25H18F3N3O5. The summed E-state index contributed by atoms with van der Waals surface area (Å²) >= 11 is 0. The fourth-order valence-electron chi connectivity index (χ4n) is 3.36. The molecule has 1 unspecified atom stereocenters. The van der Waals surface area contributed by atoms with Crippen molar-refractivity contribution in [3.63, 3.8) is 0 Å². The molecule has 3 heterocycles. The van der Waals surface area contributed by atoms with E-state index in [1.807, 2.05) is 54.6 Å². The lowest BCUT2D eigenvalue weighted by Gasteiger charge is -2.26. The Labute approximate surface area is 202 Å². The quantitative estimate of drug-likeness (QED) is 0.422. The number of benzene rings is 2. The molecule has 1 amide bonds. The summed E-state index contributed by atoms with van der Waals surface area (Å²) in [5.74, 6) is -1.79.